The van der Waals surface area contributed by atoms with E-state index in [0.29, 0.717) is 6.04 Å². The van der Waals surface area contributed by atoms with Gasteiger partial charge >= 0.3 is 0 Å². The third kappa shape index (κ3) is 1.79. The highest BCUT2D eigenvalue weighted by Gasteiger charge is 2.21. The molecule has 0 spiro atoms. The molecule has 3 rings (SSSR count). The SMILES string of the molecule is Nc1ccccc1-c1nncn1C1CCCC1. The molecule has 1 aliphatic carbocycles. The Bertz CT molecular complexity index is 512. The van der Waals surface area contributed by atoms with E-state index in [-0.39, 0.29) is 0 Å². The van der Waals surface area contributed by atoms with E-state index in [1.54, 1.807) is 0 Å². The van der Waals surface area contributed by atoms with E-state index in [9.17, 15) is 0 Å². The lowest BCUT2D eigenvalue weighted by Crippen LogP contribution is -2.06. The van der Waals surface area contributed by atoms with Crippen LogP contribution in [0.2, 0.25) is 0 Å². The third-order valence-electron chi connectivity index (χ3n) is 3.49. The number of para-hydroxylation sites is 1. The number of rotatable bonds is 2. The Morgan fingerprint density at radius 2 is 1.94 bits per heavy atom. The van der Waals surface area contributed by atoms with E-state index in [2.05, 4.69) is 14.8 Å². The third-order valence-corrected chi connectivity index (χ3v) is 3.49. The van der Waals surface area contributed by atoms with Crippen molar-refractivity contribution in [2.24, 2.45) is 0 Å². The molecular formula is C13H16N4. The van der Waals surface area contributed by atoms with Gasteiger partial charge in [-0.25, -0.2) is 0 Å². The number of aromatic nitrogens is 3. The largest absolute Gasteiger partial charge is 0.398 e. The summed E-state index contributed by atoms with van der Waals surface area (Å²) in [5.74, 6) is 0.898. The number of nitrogen functional groups attached to an aromatic ring is 1. The first kappa shape index (κ1) is 10.3. The molecule has 0 unspecified atom stereocenters. The van der Waals surface area contributed by atoms with Crippen LogP contribution < -0.4 is 5.73 Å². The maximum Gasteiger partial charge on any atom is 0.166 e. The molecule has 4 nitrogen and oxygen atoms in total. The van der Waals surface area contributed by atoms with Crippen LogP contribution in [-0.4, -0.2) is 14.8 Å². The van der Waals surface area contributed by atoms with Crippen LogP contribution in [0.5, 0.6) is 0 Å². The minimum atomic E-state index is 0.541. The molecule has 0 amide bonds. The Labute approximate surface area is 100 Å². The minimum absolute atomic E-state index is 0.541. The molecule has 17 heavy (non-hydrogen) atoms. The van der Waals surface area contributed by atoms with Crippen LogP contribution in [0.1, 0.15) is 31.7 Å². The van der Waals surface area contributed by atoms with Gasteiger partial charge in [-0.3, -0.25) is 0 Å². The lowest BCUT2D eigenvalue weighted by atomic mass is 10.1. The van der Waals surface area contributed by atoms with Gasteiger partial charge in [0.15, 0.2) is 5.82 Å². The summed E-state index contributed by atoms with van der Waals surface area (Å²) in [6, 6.07) is 8.38. The van der Waals surface area contributed by atoms with Gasteiger partial charge in [0.2, 0.25) is 0 Å². The average Bonchev–Trinajstić information content (AvgIpc) is 3.00. The van der Waals surface area contributed by atoms with Gasteiger partial charge in [0.25, 0.3) is 0 Å². The van der Waals surface area contributed by atoms with Crippen molar-refractivity contribution < 1.29 is 0 Å². The second kappa shape index (κ2) is 4.20. The van der Waals surface area contributed by atoms with Crippen molar-refractivity contribution >= 4 is 5.69 Å². The van der Waals surface area contributed by atoms with E-state index >= 15 is 0 Å². The highest BCUT2D eigenvalue weighted by molar-refractivity contribution is 5.71. The number of hydrogen-bond acceptors (Lipinski definition) is 3. The average molecular weight is 228 g/mol. The van der Waals surface area contributed by atoms with Gasteiger partial charge in [0.05, 0.1) is 0 Å². The molecule has 1 aromatic carbocycles. The monoisotopic (exact) mass is 228 g/mol. The Hall–Kier alpha value is -1.84. The fourth-order valence-corrected chi connectivity index (χ4v) is 2.59. The first-order valence-electron chi connectivity index (χ1n) is 6.10. The summed E-state index contributed by atoms with van der Waals surface area (Å²) < 4.78 is 2.18. The molecule has 0 bridgehead atoms. The highest BCUT2D eigenvalue weighted by Crippen LogP contribution is 2.33. The fraction of sp³-hybridized carbons (Fsp3) is 0.385. The molecule has 2 aromatic rings. The second-order valence-electron chi connectivity index (χ2n) is 4.59. The van der Waals surface area contributed by atoms with Gasteiger partial charge in [0.1, 0.15) is 6.33 Å². The van der Waals surface area contributed by atoms with Crippen LogP contribution in [0.4, 0.5) is 5.69 Å². The zero-order valence-electron chi connectivity index (χ0n) is 9.71. The van der Waals surface area contributed by atoms with Crippen LogP contribution >= 0.6 is 0 Å². The van der Waals surface area contributed by atoms with Crippen molar-refractivity contribution in [3.8, 4) is 11.4 Å². The van der Waals surface area contributed by atoms with Crippen molar-refractivity contribution in [1.82, 2.24) is 14.8 Å². The Balaban J connectivity index is 2.04. The molecule has 1 aliphatic rings. The quantitative estimate of drug-likeness (QED) is 0.804. The Morgan fingerprint density at radius 3 is 2.71 bits per heavy atom. The Kier molecular flexibility index (Phi) is 2.55. The van der Waals surface area contributed by atoms with E-state index in [4.69, 9.17) is 5.73 Å². The van der Waals surface area contributed by atoms with Gasteiger partial charge in [-0.1, -0.05) is 25.0 Å². The van der Waals surface area contributed by atoms with Crippen molar-refractivity contribution in [2.45, 2.75) is 31.7 Å². The summed E-state index contributed by atoms with van der Waals surface area (Å²) in [6.07, 6.45) is 6.87. The van der Waals surface area contributed by atoms with Crippen LogP contribution in [0, 0.1) is 0 Å². The summed E-state index contributed by atoms with van der Waals surface area (Å²) in [5, 5.41) is 8.27. The van der Waals surface area contributed by atoms with Crippen LogP contribution in [0.15, 0.2) is 30.6 Å². The number of benzene rings is 1. The summed E-state index contributed by atoms with van der Waals surface area (Å²) in [6.45, 7) is 0. The molecule has 1 aromatic heterocycles. The number of anilines is 1. The predicted molar refractivity (Wildman–Crippen MR) is 67.4 cm³/mol. The zero-order chi connectivity index (χ0) is 11.7. The second-order valence-corrected chi connectivity index (χ2v) is 4.59. The molecular weight excluding hydrogens is 212 g/mol. The van der Waals surface area contributed by atoms with Crippen molar-refractivity contribution in [1.29, 1.82) is 0 Å². The van der Waals surface area contributed by atoms with Gasteiger partial charge < -0.3 is 10.3 Å². The molecule has 0 aliphatic heterocycles. The smallest absolute Gasteiger partial charge is 0.166 e. The van der Waals surface area contributed by atoms with E-state index in [0.717, 1.165) is 17.1 Å². The summed E-state index contributed by atoms with van der Waals surface area (Å²) in [4.78, 5) is 0. The molecule has 1 heterocycles. The lowest BCUT2D eigenvalue weighted by molar-refractivity contribution is 0.522. The standard InChI is InChI=1S/C13H16N4/c14-12-8-4-3-7-11(12)13-16-15-9-17(13)10-5-1-2-6-10/h3-4,7-10H,1-2,5-6,14H2. The van der Waals surface area contributed by atoms with Crippen molar-refractivity contribution in [3.63, 3.8) is 0 Å². The molecule has 0 atom stereocenters. The van der Waals surface area contributed by atoms with Gasteiger partial charge in [0, 0.05) is 17.3 Å². The normalized spacial score (nSPS) is 16.5. The maximum absolute atomic E-state index is 6.00. The van der Waals surface area contributed by atoms with Gasteiger partial charge in [-0.05, 0) is 25.0 Å². The van der Waals surface area contributed by atoms with Gasteiger partial charge in [-0.15, -0.1) is 10.2 Å². The summed E-state index contributed by atoms with van der Waals surface area (Å²) in [5.41, 5.74) is 7.75. The van der Waals surface area contributed by atoms with Crippen LogP contribution in [0.3, 0.4) is 0 Å². The first-order chi connectivity index (χ1) is 8.36. The zero-order valence-corrected chi connectivity index (χ0v) is 9.71. The Morgan fingerprint density at radius 1 is 1.18 bits per heavy atom. The number of nitrogens with zero attached hydrogens (tertiary/aromatic N) is 3. The predicted octanol–water partition coefficient (Wildman–Crippen LogP) is 2.64. The number of nitrogens with two attached hydrogens (primary N) is 1. The molecule has 1 saturated carbocycles. The molecule has 4 heteroatoms. The first-order valence-corrected chi connectivity index (χ1v) is 6.10. The van der Waals surface area contributed by atoms with Crippen LogP contribution in [-0.2, 0) is 0 Å². The minimum Gasteiger partial charge on any atom is -0.398 e. The van der Waals surface area contributed by atoms with E-state index in [1.165, 1.54) is 25.7 Å². The summed E-state index contributed by atoms with van der Waals surface area (Å²) >= 11 is 0. The molecule has 2 N–H and O–H groups in total. The number of hydrogen-bond donors (Lipinski definition) is 1. The molecule has 0 radical (unpaired) electrons. The van der Waals surface area contributed by atoms with Gasteiger partial charge in [-0.2, -0.15) is 0 Å². The van der Waals surface area contributed by atoms with Crippen molar-refractivity contribution in [3.05, 3.63) is 30.6 Å². The molecule has 88 valence electrons. The van der Waals surface area contributed by atoms with E-state index in [1.807, 2.05) is 30.6 Å². The lowest BCUT2D eigenvalue weighted by Gasteiger charge is -2.14. The molecule has 0 saturated heterocycles. The fourth-order valence-electron chi connectivity index (χ4n) is 2.59. The van der Waals surface area contributed by atoms with Crippen molar-refractivity contribution in [2.75, 3.05) is 5.73 Å². The maximum atomic E-state index is 6.00. The van der Waals surface area contributed by atoms with Crippen LogP contribution in [0.25, 0.3) is 11.4 Å². The topological polar surface area (TPSA) is 56.7 Å². The summed E-state index contributed by atoms with van der Waals surface area (Å²) in [7, 11) is 0. The highest BCUT2D eigenvalue weighted by atomic mass is 15.3. The molecule has 1 fully saturated rings. The van der Waals surface area contributed by atoms with E-state index < -0.39 is 0 Å².